The monoisotopic (exact) mass is 237 g/mol. The summed E-state index contributed by atoms with van der Waals surface area (Å²) in [5.74, 6) is 0.395. The molecule has 1 aromatic rings. The minimum Gasteiger partial charge on any atom is -0.488 e. The Morgan fingerprint density at radius 1 is 1.24 bits per heavy atom. The van der Waals surface area contributed by atoms with Crippen LogP contribution < -0.4 is 10.5 Å². The smallest absolute Gasteiger partial charge is 0.320 e. The van der Waals surface area contributed by atoms with E-state index in [0.717, 1.165) is 11.3 Å². The first-order valence-corrected chi connectivity index (χ1v) is 5.54. The Labute approximate surface area is 102 Å². The minimum absolute atomic E-state index is 0.0920. The van der Waals surface area contributed by atoms with Gasteiger partial charge in [0, 0.05) is 0 Å². The fourth-order valence-electron chi connectivity index (χ4n) is 1.23. The van der Waals surface area contributed by atoms with Gasteiger partial charge in [-0.25, -0.2) is 0 Å². The average Bonchev–Trinajstić information content (AvgIpc) is 2.25. The molecule has 94 valence electrons. The second-order valence-corrected chi connectivity index (χ2v) is 4.72. The maximum absolute atomic E-state index is 10.9. The minimum atomic E-state index is -0.403. The molecule has 0 bridgehead atoms. The van der Waals surface area contributed by atoms with Gasteiger partial charge in [-0.3, -0.25) is 4.79 Å². The lowest BCUT2D eigenvalue weighted by Crippen LogP contribution is -2.22. The largest absolute Gasteiger partial charge is 0.488 e. The van der Waals surface area contributed by atoms with Crippen LogP contribution in [0, 0.1) is 0 Å². The van der Waals surface area contributed by atoms with E-state index in [0.29, 0.717) is 0 Å². The predicted octanol–water partition coefficient (Wildman–Crippen LogP) is 1.87. The SMILES string of the molecule is CC(C)(C)Oc1ccc(COC(=O)CN)cc1. The van der Waals surface area contributed by atoms with Crippen molar-refractivity contribution in [3.8, 4) is 5.75 Å². The Morgan fingerprint density at radius 3 is 2.29 bits per heavy atom. The van der Waals surface area contributed by atoms with E-state index in [1.54, 1.807) is 0 Å². The van der Waals surface area contributed by atoms with Crippen molar-refractivity contribution < 1.29 is 14.3 Å². The summed E-state index contributed by atoms with van der Waals surface area (Å²) in [6, 6.07) is 7.45. The first-order chi connectivity index (χ1) is 7.90. The summed E-state index contributed by atoms with van der Waals surface area (Å²) in [7, 11) is 0. The molecule has 1 rings (SSSR count). The number of nitrogens with two attached hydrogens (primary N) is 1. The number of esters is 1. The number of hydrogen-bond acceptors (Lipinski definition) is 4. The van der Waals surface area contributed by atoms with E-state index in [9.17, 15) is 4.79 Å². The van der Waals surface area contributed by atoms with Crippen LogP contribution in [0.2, 0.25) is 0 Å². The normalized spacial score (nSPS) is 11.1. The van der Waals surface area contributed by atoms with E-state index in [1.165, 1.54) is 0 Å². The van der Waals surface area contributed by atoms with Crippen LogP contribution in [-0.2, 0) is 16.1 Å². The third-order valence-corrected chi connectivity index (χ3v) is 1.91. The third kappa shape index (κ3) is 5.36. The molecule has 0 aromatic heterocycles. The van der Waals surface area contributed by atoms with Crippen molar-refractivity contribution in [2.75, 3.05) is 6.54 Å². The summed E-state index contributed by atoms with van der Waals surface area (Å²) in [6.07, 6.45) is 0. The van der Waals surface area contributed by atoms with Crippen LogP contribution in [0.3, 0.4) is 0 Å². The molecule has 0 saturated carbocycles. The van der Waals surface area contributed by atoms with Crippen LogP contribution in [-0.4, -0.2) is 18.1 Å². The van der Waals surface area contributed by atoms with Gasteiger partial charge >= 0.3 is 5.97 Å². The standard InChI is InChI=1S/C13H19NO3/c1-13(2,3)17-11-6-4-10(5-7-11)9-16-12(15)8-14/h4-7H,8-9,14H2,1-3H3. The quantitative estimate of drug-likeness (QED) is 0.812. The number of carbonyl (C=O) groups excluding carboxylic acids is 1. The van der Waals surface area contributed by atoms with Crippen LogP contribution >= 0.6 is 0 Å². The average molecular weight is 237 g/mol. The molecule has 4 nitrogen and oxygen atoms in total. The highest BCUT2D eigenvalue weighted by atomic mass is 16.5. The summed E-state index contributed by atoms with van der Waals surface area (Å²) in [5.41, 5.74) is 5.83. The van der Waals surface area contributed by atoms with Gasteiger partial charge in [0.1, 0.15) is 18.0 Å². The molecular formula is C13H19NO3. The zero-order valence-corrected chi connectivity index (χ0v) is 10.5. The molecular weight excluding hydrogens is 218 g/mol. The van der Waals surface area contributed by atoms with Gasteiger partial charge in [0.25, 0.3) is 0 Å². The molecule has 1 aromatic carbocycles. The van der Waals surface area contributed by atoms with Crippen molar-refractivity contribution in [3.63, 3.8) is 0 Å². The molecule has 0 radical (unpaired) electrons. The molecule has 17 heavy (non-hydrogen) atoms. The summed E-state index contributed by atoms with van der Waals surface area (Å²) >= 11 is 0. The van der Waals surface area contributed by atoms with E-state index >= 15 is 0 Å². The molecule has 0 aliphatic heterocycles. The fourth-order valence-corrected chi connectivity index (χ4v) is 1.23. The van der Waals surface area contributed by atoms with Crippen LogP contribution in [0.5, 0.6) is 5.75 Å². The molecule has 0 saturated heterocycles. The zero-order valence-electron chi connectivity index (χ0n) is 10.5. The number of ether oxygens (including phenoxy) is 2. The summed E-state index contributed by atoms with van der Waals surface area (Å²) in [4.78, 5) is 10.9. The molecule has 0 aliphatic carbocycles. The van der Waals surface area contributed by atoms with Crippen LogP contribution in [0.1, 0.15) is 26.3 Å². The van der Waals surface area contributed by atoms with E-state index in [1.807, 2.05) is 45.0 Å². The topological polar surface area (TPSA) is 61.5 Å². The predicted molar refractivity (Wildman–Crippen MR) is 65.7 cm³/mol. The molecule has 0 fully saturated rings. The van der Waals surface area contributed by atoms with Crippen molar-refractivity contribution >= 4 is 5.97 Å². The maximum Gasteiger partial charge on any atom is 0.320 e. The van der Waals surface area contributed by atoms with E-state index in [-0.39, 0.29) is 18.8 Å². The van der Waals surface area contributed by atoms with Gasteiger partial charge in [-0.15, -0.1) is 0 Å². The van der Waals surface area contributed by atoms with Gasteiger partial charge in [0.05, 0.1) is 6.54 Å². The maximum atomic E-state index is 10.9. The van der Waals surface area contributed by atoms with Gasteiger partial charge in [0.15, 0.2) is 0 Å². The van der Waals surface area contributed by atoms with Crippen molar-refractivity contribution in [1.82, 2.24) is 0 Å². The number of rotatable bonds is 4. The van der Waals surface area contributed by atoms with Gasteiger partial charge in [-0.2, -0.15) is 0 Å². The van der Waals surface area contributed by atoms with Crippen LogP contribution in [0.15, 0.2) is 24.3 Å². The molecule has 0 atom stereocenters. The highest BCUT2D eigenvalue weighted by molar-refractivity contribution is 5.71. The Kier molecular flexibility index (Phi) is 4.52. The fraction of sp³-hybridized carbons (Fsp3) is 0.462. The lowest BCUT2D eigenvalue weighted by atomic mass is 10.2. The van der Waals surface area contributed by atoms with Gasteiger partial charge in [0.2, 0.25) is 0 Å². The van der Waals surface area contributed by atoms with Gasteiger partial charge < -0.3 is 15.2 Å². The second kappa shape index (κ2) is 5.68. The van der Waals surface area contributed by atoms with E-state index in [2.05, 4.69) is 0 Å². The number of carbonyl (C=O) groups is 1. The summed E-state index contributed by atoms with van der Waals surface area (Å²) < 4.78 is 10.6. The highest BCUT2D eigenvalue weighted by Gasteiger charge is 2.11. The van der Waals surface area contributed by atoms with Crippen molar-refractivity contribution in [3.05, 3.63) is 29.8 Å². The van der Waals surface area contributed by atoms with E-state index < -0.39 is 5.97 Å². The lowest BCUT2D eigenvalue weighted by Gasteiger charge is -2.21. The molecule has 0 unspecified atom stereocenters. The first-order valence-electron chi connectivity index (χ1n) is 5.54. The molecule has 2 N–H and O–H groups in total. The molecule has 0 amide bonds. The molecule has 0 aliphatic rings. The zero-order chi connectivity index (χ0) is 12.9. The van der Waals surface area contributed by atoms with Crippen molar-refractivity contribution in [2.45, 2.75) is 33.0 Å². The Hall–Kier alpha value is -1.55. The first kappa shape index (κ1) is 13.5. The van der Waals surface area contributed by atoms with Crippen molar-refractivity contribution in [1.29, 1.82) is 0 Å². The molecule has 0 spiro atoms. The van der Waals surface area contributed by atoms with Crippen molar-refractivity contribution in [2.24, 2.45) is 5.73 Å². The Balaban J connectivity index is 2.53. The van der Waals surface area contributed by atoms with Gasteiger partial charge in [-0.1, -0.05) is 12.1 Å². The Morgan fingerprint density at radius 2 is 1.82 bits per heavy atom. The summed E-state index contributed by atoms with van der Waals surface area (Å²) in [5, 5.41) is 0. The number of hydrogen-bond donors (Lipinski definition) is 1. The Bertz CT molecular complexity index is 365. The lowest BCUT2D eigenvalue weighted by molar-refractivity contribution is -0.143. The molecule has 4 heteroatoms. The highest BCUT2D eigenvalue weighted by Crippen LogP contribution is 2.18. The van der Waals surface area contributed by atoms with Crippen LogP contribution in [0.25, 0.3) is 0 Å². The molecule has 0 heterocycles. The second-order valence-electron chi connectivity index (χ2n) is 4.72. The summed E-state index contributed by atoms with van der Waals surface area (Å²) in [6.45, 7) is 6.12. The van der Waals surface area contributed by atoms with E-state index in [4.69, 9.17) is 15.2 Å². The number of benzene rings is 1. The van der Waals surface area contributed by atoms with Crippen LogP contribution in [0.4, 0.5) is 0 Å². The third-order valence-electron chi connectivity index (χ3n) is 1.91. The van der Waals surface area contributed by atoms with Gasteiger partial charge in [-0.05, 0) is 38.5 Å².